The standard InChI is InChI=1S/C20H22N4O3S/c1-2-27-16-11-12(8-9-15(16)25)10-14-17(21)24-20(22-18(14)26)28-19(23-24)13-6-4-3-5-7-13/h8-11,13H,2-7,21H2,1H3. The minimum Gasteiger partial charge on any atom is -0.490 e. The maximum absolute atomic E-state index is 12.6. The number of rotatable bonds is 4. The molecule has 0 radical (unpaired) electrons. The van der Waals surface area contributed by atoms with E-state index in [4.69, 9.17) is 10.5 Å². The third-order valence-corrected chi connectivity index (χ3v) is 6.11. The predicted molar refractivity (Wildman–Crippen MR) is 109 cm³/mol. The van der Waals surface area contributed by atoms with Gasteiger partial charge in [-0.05, 0) is 43.6 Å². The fourth-order valence-electron chi connectivity index (χ4n) is 3.60. The Morgan fingerprint density at radius 3 is 2.82 bits per heavy atom. The van der Waals surface area contributed by atoms with Gasteiger partial charge in [-0.3, -0.25) is 9.59 Å². The van der Waals surface area contributed by atoms with Gasteiger partial charge in [-0.15, -0.1) is 0 Å². The van der Waals surface area contributed by atoms with E-state index in [1.54, 1.807) is 22.7 Å². The Hall–Kier alpha value is -2.74. The lowest BCUT2D eigenvalue weighted by molar-refractivity contribution is -0.114. The fraction of sp³-hybridized carbons (Fsp3) is 0.400. The van der Waals surface area contributed by atoms with Gasteiger partial charge in [-0.2, -0.15) is 14.6 Å². The molecule has 2 aliphatic carbocycles. The molecule has 146 valence electrons. The molecule has 0 atom stereocenters. The lowest BCUT2D eigenvalue weighted by atomic mass is 9.90. The maximum Gasteiger partial charge on any atom is 0.283 e. The van der Waals surface area contributed by atoms with Crippen molar-refractivity contribution in [3.8, 4) is 0 Å². The Morgan fingerprint density at radius 2 is 2.07 bits per heavy atom. The number of hydrogen-bond acceptors (Lipinski definition) is 7. The average molecular weight is 398 g/mol. The van der Waals surface area contributed by atoms with Crippen LogP contribution in [-0.4, -0.2) is 27.0 Å². The summed E-state index contributed by atoms with van der Waals surface area (Å²) in [5, 5.41) is 5.65. The van der Waals surface area contributed by atoms with Crippen LogP contribution in [0.1, 0.15) is 55.5 Å². The van der Waals surface area contributed by atoms with Crippen LogP contribution in [0.15, 0.2) is 34.4 Å². The van der Waals surface area contributed by atoms with Crippen molar-refractivity contribution in [2.24, 2.45) is 0 Å². The Bertz CT molecular complexity index is 1070. The van der Waals surface area contributed by atoms with Crippen LogP contribution in [0.2, 0.25) is 0 Å². The highest BCUT2D eigenvalue weighted by Gasteiger charge is 2.22. The molecule has 28 heavy (non-hydrogen) atoms. The van der Waals surface area contributed by atoms with E-state index in [0.29, 0.717) is 23.1 Å². The van der Waals surface area contributed by atoms with E-state index >= 15 is 0 Å². The van der Waals surface area contributed by atoms with E-state index in [1.165, 1.54) is 36.7 Å². The van der Waals surface area contributed by atoms with Crippen molar-refractivity contribution in [2.45, 2.75) is 44.9 Å². The van der Waals surface area contributed by atoms with Gasteiger partial charge in [0.1, 0.15) is 10.8 Å². The van der Waals surface area contributed by atoms with Crippen LogP contribution in [0.4, 0.5) is 5.82 Å². The van der Waals surface area contributed by atoms with Gasteiger partial charge < -0.3 is 10.5 Å². The van der Waals surface area contributed by atoms with Crippen molar-refractivity contribution in [1.29, 1.82) is 0 Å². The van der Waals surface area contributed by atoms with Crippen LogP contribution in [-0.2, 0) is 9.53 Å². The summed E-state index contributed by atoms with van der Waals surface area (Å²) >= 11 is 1.44. The maximum atomic E-state index is 12.6. The van der Waals surface area contributed by atoms with Gasteiger partial charge >= 0.3 is 0 Å². The Balaban J connectivity index is 1.74. The molecule has 0 saturated heterocycles. The first-order valence-electron chi connectivity index (χ1n) is 9.54. The smallest absolute Gasteiger partial charge is 0.283 e. The molecule has 0 spiro atoms. The van der Waals surface area contributed by atoms with Gasteiger partial charge in [0.2, 0.25) is 10.7 Å². The largest absolute Gasteiger partial charge is 0.490 e. The minimum atomic E-state index is -0.402. The van der Waals surface area contributed by atoms with E-state index < -0.39 is 5.56 Å². The zero-order chi connectivity index (χ0) is 19.7. The molecule has 0 amide bonds. The van der Waals surface area contributed by atoms with E-state index in [1.807, 2.05) is 6.92 Å². The second-order valence-corrected chi connectivity index (χ2v) is 7.96. The van der Waals surface area contributed by atoms with Crippen molar-refractivity contribution < 1.29 is 9.53 Å². The number of nitrogens with zero attached hydrogens (tertiary/aromatic N) is 3. The predicted octanol–water partition coefficient (Wildman–Crippen LogP) is 3.22. The molecule has 2 heterocycles. The zero-order valence-electron chi connectivity index (χ0n) is 15.7. The molecule has 8 heteroatoms. The summed E-state index contributed by atoms with van der Waals surface area (Å²) in [5.41, 5.74) is 6.79. The molecular formula is C20H22N4O3S. The molecule has 0 aromatic carbocycles. The zero-order valence-corrected chi connectivity index (χ0v) is 16.5. The Kier molecular flexibility index (Phi) is 5.13. The van der Waals surface area contributed by atoms with Crippen molar-refractivity contribution in [2.75, 3.05) is 12.3 Å². The fourth-order valence-corrected chi connectivity index (χ4v) is 4.66. The number of ether oxygens (including phenoxy) is 1. The number of anilines is 1. The first-order chi connectivity index (χ1) is 13.6. The van der Waals surface area contributed by atoms with Crippen molar-refractivity contribution in [3.63, 3.8) is 0 Å². The lowest BCUT2D eigenvalue weighted by Crippen LogP contribution is -2.17. The van der Waals surface area contributed by atoms with Gasteiger partial charge in [-0.1, -0.05) is 36.7 Å². The number of fused-ring (bicyclic) bond motifs is 1. The van der Waals surface area contributed by atoms with Gasteiger partial charge in [0, 0.05) is 5.92 Å². The van der Waals surface area contributed by atoms with Crippen LogP contribution < -0.4 is 11.3 Å². The normalized spacial score (nSPS) is 19.4. The van der Waals surface area contributed by atoms with E-state index in [2.05, 4.69) is 10.1 Å². The first kappa shape index (κ1) is 18.6. The highest BCUT2D eigenvalue weighted by Crippen LogP contribution is 2.35. The number of hydrogen-bond donors (Lipinski definition) is 1. The third kappa shape index (κ3) is 3.52. The molecule has 4 rings (SSSR count). The summed E-state index contributed by atoms with van der Waals surface area (Å²) in [7, 11) is 0. The third-order valence-electron chi connectivity index (χ3n) is 5.04. The molecule has 2 aromatic rings. The molecule has 7 nitrogen and oxygen atoms in total. The van der Waals surface area contributed by atoms with Crippen LogP contribution in [0.25, 0.3) is 11.0 Å². The summed E-state index contributed by atoms with van der Waals surface area (Å²) in [6.45, 7) is 2.20. The van der Waals surface area contributed by atoms with Crippen LogP contribution in [0.5, 0.6) is 0 Å². The molecule has 1 saturated carbocycles. The van der Waals surface area contributed by atoms with Crippen LogP contribution in [0, 0.1) is 0 Å². The summed E-state index contributed by atoms with van der Waals surface area (Å²) in [5.74, 6) is 0.726. The van der Waals surface area contributed by atoms with Crippen molar-refractivity contribution in [3.05, 3.63) is 50.5 Å². The highest BCUT2D eigenvalue weighted by molar-refractivity contribution is 7.16. The number of nitrogen functional groups attached to an aromatic ring is 1. The van der Waals surface area contributed by atoms with Crippen LogP contribution >= 0.6 is 11.3 Å². The number of allylic oxidation sites excluding steroid dienone is 4. The van der Waals surface area contributed by atoms with Gasteiger partial charge in [0.25, 0.3) is 5.56 Å². The average Bonchev–Trinajstić information content (AvgIpc) is 3.12. The molecule has 2 N–H and O–H groups in total. The molecule has 2 aliphatic rings. The number of nitrogens with two attached hydrogens (primary N) is 1. The second kappa shape index (κ2) is 7.71. The lowest BCUT2D eigenvalue weighted by Gasteiger charge is -2.18. The second-order valence-electron chi connectivity index (χ2n) is 6.97. The minimum absolute atomic E-state index is 0.200. The molecule has 1 fully saturated rings. The Labute approximate surface area is 166 Å². The monoisotopic (exact) mass is 398 g/mol. The molecular weight excluding hydrogens is 376 g/mol. The van der Waals surface area contributed by atoms with E-state index in [9.17, 15) is 9.59 Å². The van der Waals surface area contributed by atoms with E-state index in [-0.39, 0.29) is 22.9 Å². The van der Waals surface area contributed by atoms with Crippen molar-refractivity contribution in [1.82, 2.24) is 14.6 Å². The number of carbonyl (C=O) groups is 1. The molecule has 0 bridgehead atoms. The number of aromatic nitrogens is 3. The summed E-state index contributed by atoms with van der Waals surface area (Å²) in [4.78, 5) is 29.1. The molecule has 2 aromatic heterocycles. The first-order valence-corrected chi connectivity index (χ1v) is 10.4. The topological polar surface area (TPSA) is 99.6 Å². The number of ketones is 1. The number of carbonyl (C=O) groups excluding carboxylic acids is 1. The SMILES string of the molecule is CCOC1=CC(=Cc2c(N)n3nc(C4CCCCC4)sc3nc2=O)C=CC1=O. The summed E-state index contributed by atoms with van der Waals surface area (Å²) in [6, 6.07) is 0. The highest BCUT2D eigenvalue weighted by atomic mass is 32.1. The summed E-state index contributed by atoms with van der Waals surface area (Å²) < 4.78 is 6.91. The Morgan fingerprint density at radius 1 is 1.29 bits per heavy atom. The van der Waals surface area contributed by atoms with Crippen molar-refractivity contribution >= 4 is 34.0 Å². The van der Waals surface area contributed by atoms with E-state index in [0.717, 1.165) is 17.8 Å². The van der Waals surface area contributed by atoms with Gasteiger partial charge in [0.05, 0.1) is 12.2 Å². The molecule has 0 unspecified atom stereocenters. The van der Waals surface area contributed by atoms with Gasteiger partial charge in [-0.25, -0.2) is 0 Å². The summed E-state index contributed by atoms with van der Waals surface area (Å²) in [6.07, 6.45) is 12.2. The van der Waals surface area contributed by atoms with Gasteiger partial charge in [0.15, 0.2) is 5.76 Å². The van der Waals surface area contributed by atoms with Crippen LogP contribution in [0.3, 0.4) is 0 Å². The quantitative estimate of drug-likeness (QED) is 0.849. The molecule has 0 aliphatic heterocycles.